The summed E-state index contributed by atoms with van der Waals surface area (Å²) in [4.78, 5) is 0. The molecule has 0 fully saturated rings. The Morgan fingerprint density at radius 1 is 1.26 bits per heavy atom. The van der Waals surface area contributed by atoms with Crippen molar-refractivity contribution >= 4 is 69.5 Å². The summed E-state index contributed by atoms with van der Waals surface area (Å²) in [7, 11) is -8.36. The molecule has 2 atom stereocenters. The third kappa shape index (κ3) is 6.65. The molecule has 0 radical (unpaired) electrons. The summed E-state index contributed by atoms with van der Waals surface area (Å²) in [6, 6.07) is 5.56. The number of fused-ring (bicyclic) bond motifs is 1. The number of benzene rings is 1. The third-order valence-electron chi connectivity index (χ3n) is 4.06. The molecule has 1 heterocycles. The van der Waals surface area contributed by atoms with Gasteiger partial charge in [-0.15, -0.1) is 0 Å². The van der Waals surface area contributed by atoms with Gasteiger partial charge in [0.2, 0.25) is 5.52 Å². The van der Waals surface area contributed by atoms with Crippen molar-refractivity contribution in [2.75, 3.05) is 11.5 Å². The summed E-state index contributed by atoms with van der Waals surface area (Å²) in [5, 5.41) is -0.856. The first kappa shape index (κ1) is 23.0. The molecule has 1 N–H and O–H groups in total. The van der Waals surface area contributed by atoms with E-state index in [1.54, 1.807) is 0 Å². The smallest absolute Gasteiger partial charge is 0.298 e. The number of aromatic nitrogens is 1. The molecular weight excluding hydrogens is 498 g/mol. The molecule has 7 nitrogen and oxygen atoms in total. The van der Waals surface area contributed by atoms with E-state index in [0.29, 0.717) is 5.75 Å². The second-order valence-corrected chi connectivity index (χ2v) is 12.9. The fraction of sp³-hybridized carbons (Fsp3) is 0.533. The molecule has 0 amide bonds. The predicted molar refractivity (Wildman–Crippen MR) is 110 cm³/mol. The van der Waals surface area contributed by atoms with Gasteiger partial charge in [-0.1, -0.05) is 27.3 Å². The van der Waals surface area contributed by atoms with E-state index in [-0.39, 0.29) is 18.9 Å². The highest BCUT2D eigenvalue weighted by atomic mass is 79.9. The van der Waals surface area contributed by atoms with Crippen molar-refractivity contribution in [2.24, 2.45) is 0 Å². The second-order valence-electron chi connectivity index (χ2n) is 6.21. The van der Waals surface area contributed by atoms with Crippen molar-refractivity contribution in [3.63, 3.8) is 0 Å². The summed E-state index contributed by atoms with van der Waals surface area (Å²) >= 11 is 6.40. The highest BCUT2D eigenvalue weighted by Gasteiger charge is 2.27. The van der Waals surface area contributed by atoms with E-state index >= 15 is 0 Å². The van der Waals surface area contributed by atoms with Crippen LogP contribution >= 0.6 is 39.0 Å². The van der Waals surface area contributed by atoms with Crippen LogP contribution in [-0.4, -0.2) is 42.7 Å². The lowest BCUT2D eigenvalue weighted by Gasteiger charge is -2.11. The molecule has 0 aliphatic heterocycles. The Morgan fingerprint density at radius 3 is 2.52 bits per heavy atom. The van der Waals surface area contributed by atoms with E-state index in [9.17, 15) is 21.4 Å². The van der Waals surface area contributed by atoms with Gasteiger partial charge >= 0.3 is 0 Å². The van der Waals surface area contributed by atoms with E-state index in [2.05, 4.69) is 15.9 Å². The molecule has 0 spiro atoms. The standard InChI is InChI=1S/C15H20BrNO6S4/c1-10(6-8-26(18,19)20)17-13-9-12(16)3-4-14(13)25-15(17)24-7-5-11(2)27(21,22)23/h3-4,9-11H,5-8H2,1-2H3,(H-,18,19,20,21,22,23). The van der Waals surface area contributed by atoms with Crippen molar-refractivity contribution < 1.29 is 30.5 Å². The minimum absolute atomic E-state index is 0.184. The Bertz CT molecular complexity index is 1020. The van der Waals surface area contributed by atoms with Gasteiger partial charge in [0, 0.05) is 28.5 Å². The number of thiazole rings is 1. The van der Waals surface area contributed by atoms with E-state index < -0.39 is 31.2 Å². The summed E-state index contributed by atoms with van der Waals surface area (Å²) < 4.78 is 69.1. The minimum atomic E-state index is -4.30. The Labute approximate surface area is 175 Å². The quantitative estimate of drug-likeness (QED) is 0.308. The van der Waals surface area contributed by atoms with Crippen molar-refractivity contribution in [1.29, 1.82) is 0 Å². The van der Waals surface area contributed by atoms with E-state index in [4.69, 9.17) is 4.55 Å². The highest BCUT2D eigenvalue weighted by Crippen LogP contribution is 2.32. The number of halogens is 1. The van der Waals surface area contributed by atoms with Crippen LogP contribution in [0, 0.1) is 0 Å². The lowest BCUT2D eigenvalue weighted by molar-refractivity contribution is -0.724. The van der Waals surface area contributed by atoms with E-state index in [1.165, 1.54) is 30.0 Å². The lowest BCUT2D eigenvalue weighted by atomic mass is 10.2. The van der Waals surface area contributed by atoms with Crippen molar-refractivity contribution in [1.82, 2.24) is 0 Å². The molecule has 152 valence electrons. The third-order valence-corrected chi connectivity index (χ3v) is 8.96. The van der Waals surface area contributed by atoms with Crippen LogP contribution in [0.15, 0.2) is 27.0 Å². The molecule has 1 aromatic carbocycles. The van der Waals surface area contributed by atoms with Crippen molar-refractivity contribution in [2.45, 2.75) is 42.3 Å². The average molecular weight is 518 g/mol. The van der Waals surface area contributed by atoms with Crippen LogP contribution in [0.4, 0.5) is 0 Å². The monoisotopic (exact) mass is 517 g/mol. The number of rotatable bonds is 9. The molecule has 27 heavy (non-hydrogen) atoms. The molecule has 0 saturated heterocycles. The Morgan fingerprint density at radius 2 is 1.93 bits per heavy atom. The molecular formula is C15H20BrNO6S4. The molecule has 0 saturated carbocycles. The van der Waals surface area contributed by atoms with Gasteiger partial charge in [0.05, 0.1) is 15.4 Å². The zero-order chi connectivity index (χ0) is 20.4. The maximum Gasteiger partial charge on any atom is 0.298 e. The first-order chi connectivity index (χ1) is 12.4. The maximum atomic E-state index is 11.2. The number of thioether (sulfide) groups is 1. The molecule has 0 aliphatic rings. The Kier molecular flexibility index (Phi) is 7.73. The van der Waals surface area contributed by atoms with Gasteiger partial charge in [0.1, 0.15) is 4.70 Å². The van der Waals surface area contributed by atoms with Crippen LogP contribution in [0.25, 0.3) is 10.2 Å². The molecule has 2 unspecified atom stereocenters. The van der Waals surface area contributed by atoms with Crippen molar-refractivity contribution in [3.8, 4) is 0 Å². The molecule has 2 rings (SSSR count). The van der Waals surface area contributed by atoms with Gasteiger partial charge in [-0.25, -0.2) is 8.42 Å². The summed E-state index contributed by atoms with van der Waals surface area (Å²) in [6.45, 7) is 3.30. The predicted octanol–water partition coefficient (Wildman–Crippen LogP) is 3.21. The SMILES string of the molecule is CC(CCS(=O)(=O)[O-])[n+]1c(SCCC(C)S(=O)(=O)O)sc2ccc(Br)cc21. The maximum absolute atomic E-state index is 11.2. The van der Waals surface area contributed by atoms with Crippen LogP contribution in [0.5, 0.6) is 0 Å². The fourth-order valence-corrected chi connectivity index (χ4v) is 6.75. The summed E-state index contributed by atoms with van der Waals surface area (Å²) in [6.07, 6.45) is 0.467. The first-order valence-electron chi connectivity index (χ1n) is 8.04. The zero-order valence-electron chi connectivity index (χ0n) is 14.7. The zero-order valence-corrected chi connectivity index (χ0v) is 19.5. The van der Waals surface area contributed by atoms with Gasteiger partial charge in [-0.3, -0.25) is 4.55 Å². The molecule has 0 bridgehead atoms. The Balaban J connectivity index is 2.29. The average Bonchev–Trinajstić information content (AvgIpc) is 2.88. The fourth-order valence-electron chi connectivity index (χ4n) is 2.43. The van der Waals surface area contributed by atoms with Crippen LogP contribution in [0.3, 0.4) is 0 Å². The van der Waals surface area contributed by atoms with Crippen LogP contribution < -0.4 is 4.57 Å². The van der Waals surface area contributed by atoms with Gasteiger partial charge in [0.25, 0.3) is 14.5 Å². The largest absolute Gasteiger partial charge is 0.748 e. The molecule has 1 aromatic heterocycles. The summed E-state index contributed by atoms with van der Waals surface area (Å²) in [5.41, 5.74) is 0.913. The lowest BCUT2D eigenvalue weighted by Crippen LogP contribution is -2.39. The molecule has 0 aliphatic carbocycles. The minimum Gasteiger partial charge on any atom is -0.748 e. The van der Waals surface area contributed by atoms with Gasteiger partial charge in [-0.05, 0) is 44.2 Å². The van der Waals surface area contributed by atoms with E-state index in [0.717, 1.165) is 19.0 Å². The van der Waals surface area contributed by atoms with Gasteiger partial charge in [0.15, 0.2) is 6.04 Å². The highest BCUT2D eigenvalue weighted by molar-refractivity contribution is 9.10. The second kappa shape index (κ2) is 9.06. The topological polar surface area (TPSA) is 115 Å². The number of nitrogens with zero attached hydrogens (tertiary/aromatic N) is 1. The molecule has 12 heteroatoms. The van der Waals surface area contributed by atoms with Crippen LogP contribution in [0.1, 0.15) is 32.7 Å². The summed E-state index contributed by atoms with van der Waals surface area (Å²) in [5.74, 6) is 0.0257. The number of hydrogen-bond donors (Lipinski definition) is 1. The molecule has 2 aromatic rings. The van der Waals surface area contributed by atoms with Crippen LogP contribution in [0.2, 0.25) is 0 Å². The first-order valence-corrected chi connectivity index (χ1v) is 13.7. The normalized spacial score (nSPS) is 15.1. The Hall–Kier alpha value is -0.240. The van der Waals surface area contributed by atoms with Gasteiger partial charge < -0.3 is 4.55 Å². The van der Waals surface area contributed by atoms with Crippen LogP contribution in [-0.2, 0) is 20.2 Å². The van der Waals surface area contributed by atoms with E-state index in [1.807, 2.05) is 29.7 Å². The van der Waals surface area contributed by atoms with Crippen molar-refractivity contribution in [3.05, 3.63) is 22.7 Å². The van der Waals surface area contributed by atoms with Gasteiger partial charge in [-0.2, -0.15) is 13.0 Å². The number of hydrogen-bond acceptors (Lipinski definition) is 7.